The molecule has 1 N–H and O–H groups in total. The van der Waals surface area contributed by atoms with Crippen LogP contribution in [0.2, 0.25) is 0 Å². The van der Waals surface area contributed by atoms with Gasteiger partial charge in [0.15, 0.2) is 11.6 Å². The molecule has 1 aliphatic carbocycles. The van der Waals surface area contributed by atoms with Crippen LogP contribution in [0.25, 0.3) is 11.3 Å². The minimum absolute atomic E-state index is 0.129. The van der Waals surface area contributed by atoms with Gasteiger partial charge < -0.3 is 14.8 Å². The van der Waals surface area contributed by atoms with Crippen molar-refractivity contribution in [1.29, 1.82) is 0 Å². The molecule has 5 rings (SSSR count). The third-order valence-corrected chi connectivity index (χ3v) is 6.09. The predicted octanol–water partition coefficient (Wildman–Crippen LogP) is 5.24. The van der Waals surface area contributed by atoms with E-state index in [1.807, 2.05) is 9.47 Å². The normalized spacial score (nSPS) is 15.5. The Kier molecular flexibility index (Phi) is 5.36. The highest BCUT2D eigenvalue weighted by Crippen LogP contribution is 2.35. The van der Waals surface area contributed by atoms with Crippen LogP contribution in [0.3, 0.4) is 0 Å². The maximum Gasteiger partial charge on any atom is 0.223 e. The number of hydrogen-bond acceptors (Lipinski definition) is 3. The van der Waals surface area contributed by atoms with E-state index in [4.69, 9.17) is 4.98 Å². The Balaban J connectivity index is 1.46. The van der Waals surface area contributed by atoms with E-state index in [1.165, 1.54) is 31.0 Å². The van der Waals surface area contributed by atoms with Gasteiger partial charge in [-0.3, -0.25) is 4.79 Å². The SMILES string of the molecule is O=C(CCC1CC1)N1CCn2c(nc(-c3ccc(F)cc3)c2Nc2ccc(F)c(F)c2)C1. The predicted molar refractivity (Wildman–Crippen MR) is 115 cm³/mol. The molecule has 32 heavy (non-hydrogen) atoms. The fourth-order valence-electron chi connectivity index (χ4n) is 4.08. The van der Waals surface area contributed by atoms with E-state index in [9.17, 15) is 18.0 Å². The number of anilines is 2. The van der Waals surface area contributed by atoms with Crippen molar-refractivity contribution in [1.82, 2.24) is 14.5 Å². The second-order valence-electron chi connectivity index (χ2n) is 8.44. The highest BCUT2D eigenvalue weighted by atomic mass is 19.2. The number of carbonyl (C=O) groups excluding carboxylic acids is 1. The molecule has 8 heteroatoms. The Morgan fingerprint density at radius 1 is 1.03 bits per heavy atom. The smallest absolute Gasteiger partial charge is 0.223 e. The van der Waals surface area contributed by atoms with Gasteiger partial charge in [0.2, 0.25) is 5.91 Å². The lowest BCUT2D eigenvalue weighted by Gasteiger charge is -2.28. The third-order valence-electron chi connectivity index (χ3n) is 6.09. The van der Waals surface area contributed by atoms with E-state index in [1.54, 1.807) is 12.1 Å². The molecule has 0 bridgehead atoms. The maximum atomic E-state index is 13.8. The van der Waals surface area contributed by atoms with Crippen molar-refractivity contribution in [2.24, 2.45) is 5.92 Å². The summed E-state index contributed by atoms with van der Waals surface area (Å²) in [5, 5.41) is 3.15. The van der Waals surface area contributed by atoms with Crippen LogP contribution < -0.4 is 5.32 Å². The van der Waals surface area contributed by atoms with Gasteiger partial charge in [-0.25, -0.2) is 18.2 Å². The summed E-state index contributed by atoms with van der Waals surface area (Å²) in [7, 11) is 0. The molecule has 166 valence electrons. The Bertz CT molecular complexity index is 1150. The number of fused-ring (bicyclic) bond motifs is 1. The molecule has 0 unspecified atom stereocenters. The highest BCUT2D eigenvalue weighted by Gasteiger charge is 2.28. The molecular formula is C24H23F3N4O. The molecule has 1 fully saturated rings. The van der Waals surface area contributed by atoms with Crippen molar-refractivity contribution in [3.05, 3.63) is 65.7 Å². The number of aromatic nitrogens is 2. The zero-order valence-corrected chi connectivity index (χ0v) is 17.5. The van der Waals surface area contributed by atoms with Gasteiger partial charge in [0, 0.05) is 36.8 Å². The van der Waals surface area contributed by atoms with Crippen LogP contribution in [-0.2, 0) is 17.9 Å². The molecule has 1 aliphatic heterocycles. The number of hydrogen-bond donors (Lipinski definition) is 1. The fraction of sp³-hybridized carbons (Fsp3) is 0.333. The molecule has 1 saturated carbocycles. The first-order valence-electron chi connectivity index (χ1n) is 10.8. The fourth-order valence-corrected chi connectivity index (χ4v) is 4.08. The van der Waals surface area contributed by atoms with Gasteiger partial charge >= 0.3 is 0 Å². The summed E-state index contributed by atoms with van der Waals surface area (Å²) in [6.07, 6.45) is 3.93. The topological polar surface area (TPSA) is 50.2 Å². The van der Waals surface area contributed by atoms with Crippen LogP contribution in [0.1, 0.15) is 31.5 Å². The Hall–Kier alpha value is -3.29. The number of rotatable bonds is 6. The standard InChI is InChI=1S/C24H23F3N4O/c25-17-6-4-16(5-7-17)23-24(28-18-8-9-19(26)20(27)13-18)31-12-11-30(14-21(31)29-23)22(32)10-3-15-1-2-15/h4-9,13,15,28H,1-3,10-12,14H2. The molecule has 0 radical (unpaired) electrons. The molecule has 1 amide bonds. The van der Waals surface area contributed by atoms with E-state index in [2.05, 4.69) is 5.32 Å². The first-order chi connectivity index (χ1) is 15.5. The number of benzene rings is 2. The molecule has 2 aliphatic rings. The summed E-state index contributed by atoms with van der Waals surface area (Å²) in [6, 6.07) is 9.54. The van der Waals surface area contributed by atoms with Crippen LogP contribution in [-0.4, -0.2) is 26.9 Å². The molecule has 0 saturated heterocycles. The summed E-state index contributed by atoms with van der Waals surface area (Å²) >= 11 is 0. The number of nitrogens with one attached hydrogen (secondary N) is 1. The van der Waals surface area contributed by atoms with E-state index >= 15 is 0 Å². The van der Waals surface area contributed by atoms with Crippen molar-refractivity contribution in [2.75, 3.05) is 11.9 Å². The molecular weight excluding hydrogens is 417 g/mol. The van der Waals surface area contributed by atoms with E-state index in [0.29, 0.717) is 60.6 Å². The van der Waals surface area contributed by atoms with Crippen molar-refractivity contribution in [2.45, 2.75) is 38.8 Å². The highest BCUT2D eigenvalue weighted by molar-refractivity contribution is 5.78. The van der Waals surface area contributed by atoms with Crippen molar-refractivity contribution >= 4 is 17.4 Å². The Morgan fingerprint density at radius 2 is 1.81 bits per heavy atom. The number of carbonyl (C=O) groups is 1. The molecule has 1 aromatic heterocycles. The molecule has 0 atom stereocenters. The van der Waals surface area contributed by atoms with Crippen LogP contribution in [0.15, 0.2) is 42.5 Å². The van der Waals surface area contributed by atoms with Crippen LogP contribution in [0, 0.1) is 23.4 Å². The molecule has 0 spiro atoms. The van der Waals surface area contributed by atoms with Gasteiger partial charge in [-0.2, -0.15) is 0 Å². The van der Waals surface area contributed by atoms with Crippen molar-refractivity contribution < 1.29 is 18.0 Å². The Morgan fingerprint density at radius 3 is 2.53 bits per heavy atom. The summed E-state index contributed by atoms with van der Waals surface area (Å²) < 4.78 is 42.6. The van der Waals surface area contributed by atoms with Crippen molar-refractivity contribution in [3.8, 4) is 11.3 Å². The summed E-state index contributed by atoms with van der Waals surface area (Å²) in [6.45, 7) is 1.43. The number of nitrogens with zero attached hydrogens (tertiary/aromatic N) is 3. The third kappa shape index (κ3) is 4.22. The zero-order chi connectivity index (χ0) is 22.2. The van der Waals surface area contributed by atoms with Gasteiger partial charge in [0.05, 0.1) is 6.54 Å². The van der Waals surface area contributed by atoms with E-state index < -0.39 is 11.6 Å². The summed E-state index contributed by atoms with van der Waals surface area (Å²) in [4.78, 5) is 19.2. The maximum absolute atomic E-state index is 13.8. The molecule has 5 nitrogen and oxygen atoms in total. The number of amides is 1. The monoisotopic (exact) mass is 440 g/mol. The van der Waals surface area contributed by atoms with Gasteiger partial charge in [0.25, 0.3) is 0 Å². The second kappa shape index (κ2) is 8.33. The average molecular weight is 440 g/mol. The van der Waals surface area contributed by atoms with Gasteiger partial charge in [-0.05, 0) is 48.7 Å². The lowest BCUT2D eigenvalue weighted by Crippen LogP contribution is -2.38. The lowest BCUT2D eigenvalue weighted by molar-refractivity contribution is -0.132. The van der Waals surface area contributed by atoms with E-state index in [-0.39, 0.29) is 11.7 Å². The molecule has 2 heterocycles. The lowest BCUT2D eigenvalue weighted by atomic mass is 10.1. The minimum Gasteiger partial charge on any atom is -0.340 e. The van der Waals surface area contributed by atoms with Crippen LogP contribution >= 0.6 is 0 Å². The summed E-state index contributed by atoms with van der Waals surface area (Å²) in [5.74, 6) is -0.121. The minimum atomic E-state index is -0.954. The molecule has 2 aromatic carbocycles. The van der Waals surface area contributed by atoms with Gasteiger partial charge in [0.1, 0.15) is 23.2 Å². The van der Waals surface area contributed by atoms with Gasteiger partial charge in [-0.1, -0.05) is 12.8 Å². The van der Waals surface area contributed by atoms with Crippen LogP contribution in [0.4, 0.5) is 24.7 Å². The zero-order valence-electron chi connectivity index (χ0n) is 17.5. The van der Waals surface area contributed by atoms with Crippen LogP contribution in [0.5, 0.6) is 0 Å². The average Bonchev–Trinajstić information content (AvgIpc) is 3.56. The van der Waals surface area contributed by atoms with E-state index in [0.717, 1.165) is 18.6 Å². The quantitative estimate of drug-likeness (QED) is 0.570. The summed E-state index contributed by atoms with van der Waals surface area (Å²) in [5.41, 5.74) is 1.62. The number of imidazole rings is 1. The first-order valence-corrected chi connectivity index (χ1v) is 10.8. The van der Waals surface area contributed by atoms with Gasteiger partial charge in [-0.15, -0.1) is 0 Å². The van der Waals surface area contributed by atoms with Crippen molar-refractivity contribution in [3.63, 3.8) is 0 Å². The first kappa shape index (κ1) is 20.6. The second-order valence-corrected chi connectivity index (χ2v) is 8.44. The number of halogens is 3. The molecule has 3 aromatic rings. The Labute approximate surface area is 183 Å². The largest absolute Gasteiger partial charge is 0.340 e.